The van der Waals surface area contributed by atoms with Crippen LogP contribution in [-0.4, -0.2) is 93.0 Å². The number of carbonyl (C=O) groups excluding carboxylic acids is 4. The van der Waals surface area contributed by atoms with Crippen molar-refractivity contribution in [2.45, 2.75) is 93.6 Å². The Morgan fingerprint density at radius 3 is 2.58 bits per heavy atom. The van der Waals surface area contributed by atoms with Crippen LogP contribution in [0.1, 0.15) is 64.5 Å². The van der Waals surface area contributed by atoms with Crippen molar-refractivity contribution in [1.29, 1.82) is 0 Å². The van der Waals surface area contributed by atoms with E-state index in [9.17, 15) is 24.3 Å². The molecular weight excluding hydrogens is 642 g/mol. The highest BCUT2D eigenvalue weighted by molar-refractivity contribution is 9.09. The topological polar surface area (TPSA) is 125 Å². The minimum atomic E-state index is -1.31. The fraction of sp³-hybridized carbons (Fsp3) is 0.588. The van der Waals surface area contributed by atoms with E-state index in [0.717, 1.165) is 12.8 Å². The summed E-state index contributed by atoms with van der Waals surface area (Å²) in [4.78, 5) is 58.1. The molecule has 3 saturated heterocycles. The number of benzene rings is 1. The van der Waals surface area contributed by atoms with Crippen LogP contribution in [0, 0.1) is 11.8 Å². The molecule has 4 rings (SSSR count). The van der Waals surface area contributed by atoms with Crippen molar-refractivity contribution < 1.29 is 33.8 Å². The first-order chi connectivity index (χ1) is 21.6. The Morgan fingerprint density at radius 2 is 1.96 bits per heavy atom. The zero-order chi connectivity index (χ0) is 32.9. The minimum absolute atomic E-state index is 0.112. The summed E-state index contributed by atoms with van der Waals surface area (Å²) in [5, 5.41) is 13.5. The standard InChI is InChI=1S/C34H46BrN3O7/c1-6-9-16-26(40)36-19-22(5)44-33(43)27-28-31(41)38(25(20-39)23-14-11-10-12-15-23)30(34(28)18-24(35)29(27)45-34)32(42)37(17-8-3)21(4)13-7-2/h6,8,10-12,14-15,21-22,24-25,27-30,39H,1,3,7,9,13,16-20H2,2,4-5H3,(H,36,40)/t21?,22-,24?,25+,27+,28-,29+,30+,34-/m0/s1. The highest BCUT2D eigenvalue weighted by Crippen LogP contribution is 2.61. The molecular formula is C34H46BrN3O7. The van der Waals surface area contributed by atoms with Crippen molar-refractivity contribution in [3.05, 3.63) is 61.2 Å². The van der Waals surface area contributed by atoms with Gasteiger partial charge in [-0.05, 0) is 38.7 Å². The van der Waals surface area contributed by atoms with Crippen molar-refractivity contribution in [2.24, 2.45) is 11.8 Å². The number of allylic oxidation sites excluding steroid dienone is 1. The van der Waals surface area contributed by atoms with Crippen LogP contribution in [0.2, 0.25) is 0 Å². The molecule has 2 unspecified atom stereocenters. The number of nitrogens with zero attached hydrogens (tertiary/aromatic N) is 2. The van der Waals surface area contributed by atoms with Gasteiger partial charge in [-0.3, -0.25) is 19.2 Å². The van der Waals surface area contributed by atoms with Crippen molar-refractivity contribution in [2.75, 3.05) is 19.7 Å². The second-order valence-electron chi connectivity index (χ2n) is 12.3. The number of aliphatic hydroxyl groups is 1. The van der Waals surface area contributed by atoms with Crippen LogP contribution in [0.3, 0.4) is 0 Å². The predicted molar refractivity (Wildman–Crippen MR) is 173 cm³/mol. The number of esters is 1. The first-order valence-electron chi connectivity index (χ1n) is 15.8. The van der Waals surface area contributed by atoms with Gasteiger partial charge in [-0.25, -0.2) is 0 Å². The molecule has 246 valence electrons. The lowest BCUT2D eigenvalue weighted by Crippen LogP contribution is -2.58. The third-order valence-electron chi connectivity index (χ3n) is 9.25. The van der Waals surface area contributed by atoms with Gasteiger partial charge in [0.25, 0.3) is 0 Å². The van der Waals surface area contributed by atoms with Crippen molar-refractivity contribution in [1.82, 2.24) is 15.1 Å². The van der Waals surface area contributed by atoms with E-state index in [1.54, 1.807) is 24.0 Å². The fourth-order valence-corrected chi connectivity index (χ4v) is 8.18. The molecule has 3 fully saturated rings. The van der Waals surface area contributed by atoms with Crippen LogP contribution in [0.15, 0.2) is 55.6 Å². The molecule has 3 aliphatic heterocycles. The molecule has 0 aromatic heterocycles. The smallest absolute Gasteiger partial charge is 0.312 e. The van der Waals surface area contributed by atoms with Gasteiger partial charge in [0.1, 0.15) is 17.7 Å². The molecule has 3 heterocycles. The largest absolute Gasteiger partial charge is 0.460 e. The molecule has 9 atom stereocenters. The van der Waals surface area contributed by atoms with Gasteiger partial charge < -0.3 is 29.7 Å². The van der Waals surface area contributed by atoms with E-state index < -0.39 is 60.2 Å². The van der Waals surface area contributed by atoms with Gasteiger partial charge in [0.15, 0.2) is 0 Å². The molecule has 10 nitrogen and oxygen atoms in total. The number of halogens is 1. The normalized spacial score (nSPS) is 28.6. The van der Waals surface area contributed by atoms with Crippen LogP contribution in [0.4, 0.5) is 0 Å². The van der Waals surface area contributed by atoms with E-state index in [2.05, 4.69) is 34.4 Å². The zero-order valence-corrected chi connectivity index (χ0v) is 28.0. The monoisotopic (exact) mass is 687 g/mol. The van der Waals surface area contributed by atoms with E-state index in [4.69, 9.17) is 9.47 Å². The summed E-state index contributed by atoms with van der Waals surface area (Å²) >= 11 is 3.69. The van der Waals surface area contributed by atoms with E-state index in [1.807, 2.05) is 44.2 Å². The summed E-state index contributed by atoms with van der Waals surface area (Å²) < 4.78 is 12.4. The van der Waals surface area contributed by atoms with Crippen molar-refractivity contribution in [3.8, 4) is 0 Å². The average Bonchev–Trinajstić information content (AvgIpc) is 3.62. The Morgan fingerprint density at radius 1 is 1.24 bits per heavy atom. The molecule has 0 radical (unpaired) electrons. The van der Waals surface area contributed by atoms with Gasteiger partial charge in [0, 0.05) is 23.8 Å². The van der Waals surface area contributed by atoms with Crippen LogP contribution in [0.5, 0.6) is 0 Å². The minimum Gasteiger partial charge on any atom is -0.460 e. The SMILES string of the molecule is C=CCCC(=O)NC[C@H](C)OC(=O)[C@H]1[C@@H]2O[C@@]3(CC2Br)[C@@H]1C(=O)N([C@H](CO)c1ccccc1)[C@@H]3C(=O)N(CC=C)C(C)CCC. The Kier molecular flexibility index (Phi) is 11.7. The van der Waals surface area contributed by atoms with Crippen LogP contribution in [0.25, 0.3) is 0 Å². The summed E-state index contributed by atoms with van der Waals surface area (Å²) in [6.07, 6.45) is 4.73. The van der Waals surface area contributed by atoms with Gasteiger partial charge >= 0.3 is 5.97 Å². The predicted octanol–water partition coefficient (Wildman–Crippen LogP) is 3.69. The number of aliphatic hydroxyl groups excluding tert-OH is 1. The number of amides is 3. The lowest BCUT2D eigenvalue weighted by molar-refractivity contribution is -0.160. The lowest BCUT2D eigenvalue weighted by Gasteiger charge is -2.41. The number of nitrogens with one attached hydrogen (secondary N) is 1. The highest BCUT2D eigenvalue weighted by atomic mass is 79.9. The van der Waals surface area contributed by atoms with Crippen LogP contribution < -0.4 is 5.32 Å². The number of carbonyl (C=O) groups is 4. The summed E-state index contributed by atoms with van der Waals surface area (Å²) in [6.45, 7) is 13.1. The second-order valence-corrected chi connectivity index (χ2v) is 13.5. The van der Waals surface area contributed by atoms with E-state index in [1.165, 1.54) is 4.90 Å². The summed E-state index contributed by atoms with van der Waals surface area (Å²) in [5.41, 5.74) is -0.642. The number of alkyl halides is 1. The van der Waals surface area contributed by atoms with Crippen molar-refractivity contribution in [3.63, 3.8) is 0 Å². The Hall–Kier alpha value is -3.02. The van der Waals surface area contributed by atoms with E-state index >= 15 is 0 Å². The molecule has 0 aliphatic carbocycles. The van der Waals surface area contributed by atoms with Crippen LogP contribution in [-0.2, 0) is 28.7 Å². The molecule has 3 aliphatic rings. The maximum absolute atomic E-state index is 14.7. The number of likely N-dealkylation sites (tertiary alicyclic amines) is 1. The summed E-state index contributed by atoms with van der Waals surface area (Å²) in [7, 11) is 0. The van der Waals surface area contributed by atoms with E-state index in [0.29, 0.717) is 18.4 Å². The summed E-state index contributed by atoms with van der Waals surface area (Å²) in [5.74, 6) is -3.49. The Labute approximate surface area is 274 Å². The van der Waals surface area contributed by atoms with Gasteiger partial charge in [-0.15, -0.1) is 13.2 Å². The number of hydrogen-bond donors (Lipinski definition) is 2. The quantitative estimate of drug-likeness (QED) is 0.154. The second kappa shape index (κ2) is 15.0. The molecule has 2 bridgehead atoms. The number of fused-ring (bicyclic) bond motifs is 1. The molecule has 45 heavy (non-hydrogen) atoms. The molecule has 2 N–H and O–H groups in total. The number of rotatable bonds is 16. The first kappa shape index (κ1) is 34.8. The van der Waals surface area contributed by atoms with Crippen LogP contribution >= 0.6 is 15.9 Å². The molecule has 1 aromatic carbocycles. The molecule has 0 saturated carbocycles. The van der Waals surface area contributed by atoms with Gasteiger partial charge in [-0.1, -0.05) is 71.8 Å². The maximum Gasteiger partial charge on any atom is 0.312 e. The van der Waals surface area contributed by atoms with Gasteiger partial charge in [-0.2, -0.15) is 0 Å². The first-order valence-corrected chi connectivity index (χ1v) is 16.8. The third-order valence-corrected chi connectivity index (χ3v) is 10.1. The number of hydrogen-bond acceptors (Lipinski definition) is 7. The molecule has 1 spiro atoms. The average molecular weight is 689 g/mol. The Bertz CT molecular complexity index is 1260. The maximum atomic E-state index is 14.7. The fourth-order valence-electron chi connectivity index (χ4n) is 7.24. The lowest BCUT2D eigenvalue weighted by atomic mass is 9.70. The number of ether oxygens (including phenoxy) is 2. The van der Waals surface area contributed by atoms with E-state index in [-0.39, 0.29) is 42.2 Å². The zero-order valence-electron chi connectivity index (χ0n) is 26.4. The third kappa shape index (κ3) is 6.76. The molecule has 1 aromatic rings. The molecule has 11 heteroatoms. The van der Waals surface area contributed by atoms with Crippen molar-refractivity contribution >= 4 is 39.6 Å². The van der Waals surface area contributed by atoms with Gasteiger partial charge in [0.05, 0.1) is 37.1 Å². The summed E-state index contributed by atoms with van der Waals surface area (Å²) in [6, 6.07) is 7.03. The van der Waals surface area contributed by atoms with Gasteiger partial charge in [0.2, 0.25) is 17.7 Å². The molecule has 3 amide bonds. The Balaban J connectivity index is 1.71. The highest BCUT2D eigenvalue weighted by Gasteiger charge is 2.77.